The molecule has 38 heavy (non-hydrogen) atoms. The van der Waals surface area contributed by atoms with Crippen LogP contribution in [-0.2, 0) is 16.7 Å². The lowest BCUT2D eigenvalue weighted by Crippen LogP contribution is -2.51. The van der Waals surface area contributed by atoms with E-state index >= 15 is 0 Å². The van der Waals surface area contributed by atoms with Gasteiger partial charge < -0.3 is 23.4 Å². The molecule has 1 unspecified atom stereocenters. The first kappa shape index (κ1) is 29.0. The van der Waals surface area contributed by atoms with Gasteiger partial charge in [0.2, 0.25) is 0 Å². The molecule has 3 heterocycles. The lowest BCUT2D eigenvalue weighted by molar-refractivity contribution is 0.139. The molecule has 0 saturated carbocycles. The van der Waals surface area contributed by atoms with E-state index in [-0.39, 0.29) is 11.4 Å². The Bertz CT molecular complexity index is 1050. The van der Waals surface area contributed by atoms with Gasteiger partial charge in [0.05, 0.1) is 16.7 Å². The fourth-order valence-corrected chi connectivity index (χ4v) is 6.32. The Kier molecular flexibility index (Phi) is 9.87. The first-order valence-corrected chi connectivity index (χ1v) is 15.2. The Morgan fingerprint density at radius 2 is 1.79 bits per heavy atom. The average molecular weight is 545 g/mol. The Labute approximate surface area is 233 Å². The van der Waals surface area contributed by atoms with E-state index < -0.39 is 0 Å². The molecule has 212 valence electrons. The van der Waals surface area contributed by atoms with E-state index in [1.54, 1.807) is 12.1 Å². The first-order chi connectivity index (χ1) is 18.2. The van der Waals surface area contributed by atoms with Gasteiger partial charge in [-0.05, 0) is 56.7 Å². The van der Waals surface area contributed by atoms with Crippen LogP contribution < -0.4 is 4.31 Å². The number of piperazine rings is 1. The van der Waals surface area contributed by atoms with Crippen LogP contribution in [0.3, 0.4) is 0 Å². The Morgan fingerprint density at radius 1 is 1.11 bits per heavy atom. The highest BCUT2D eigenvalue weighted by molar-refractivity contribution is 7.98. The number of carbonyl (C=O) groups is 1. The molecule has 2 aromatic rings. The van der Waals surface area contributed by atoms with E-state index in [0.717, 1.165) is 102 Å². The number of anilines is 1. The molecule has 1 atom stereocenters. The number of imidazole rings is 1. The van der Waals surface area contributed by atoms with Crippen LogP contribution in [0.2, 0.25) is 0 Å². The number of rotatable bonds is 10. The topological polar surface area (TPSA) is 57.1 Å². The van der Waals surface area contributed by atoms with Crippen LogP contribution >= 0.6 is 12.1 Å². The Hall–Kier alpha value is -1.97. The maximum absolute atomic E-state index is 12.7. The summed E-state index contributed by atoms with van der Waals surface area (Å²) < 4.78 is 12.6. The number of benzene rings is 1. The quantitative estimate of drug-likeness (QED) is 0.286. The summed E-state index contributed by atoms with van der Waals surface area (Å²) in [5.74, 6) is 1.71. The molecule has 0 bridgehead atoms. The molecule has 1 aromatic carbocycles. The number of hydrogen-bond acceptors (Lipinski definition) is 6. The number of likely N-dealkylation sites (tertiary alicyclic amines) is 1. The number of aromatic nitrogens is 2. The summed E-state index contributed by atoms with van der Waals surface area (Å²) in [6, 6.07) is 6.90. The van der Waals surface area contributed by atoms with Crippen molar-refractivity contribution in [1.82, 2.24) is 23.7 Å². The van der Waals surface area contributed by atoms with Crippen molar-refractivity contribution in [3.63, 3.8) is 0 Å². The second-order valence-electron chi connectivity index (χ2n) is 11.9. The number of fused-ring (bicyclic) bond motifs is 1. The maximum Gasteiger partial charge on any atom is 0.320 e. The van der Waals surface area contributed by atoms with Crippen molar-refractivity contribution >= 4 is 34.9 Å². The minimum absolute atomic E-state index is 0.0307. The largest absolute Gasteiger partial charge is 0.382 e. The van der Waals surface area contributed by atoms with E-state index in [0.29, 0.717) is 5.92 Å². The summed E-state index contributed by atoms with van der Waals surface area (Å²) >= 11 is 1.74. The maximum atomic E-state index is 12.7. The number of ether oxygens (including phenoxy) is 1. The smallest absolute Gasteiger partial charge is 0.320 e. The molecule has 4 rings (SSSR count). The van der Waals surface area contributed by atoms with Gasteiger partial charge in [-0.25, -0.2) is 14.1 Å². The monoisotopic (exact) mass is 544 g/mol. The highest BCUT2D eigenvalue weighted by atomic mass is 32.2. The molecule has 2 fully saturated rings. The van der Waals surface area contributed by atoms with Crippen molar-refractivity contribution in [3.05, 3.63) is 24.0 Å². The lowest BCUT2D eigenvalue weighted by Gasteiger charge is -2.37. The van der Waals surface area contributed by atoms with Gasteiger partial charge in [0.15, 0.2) is 0 Å². The Morgan fingerprint density at radius 3 is 2.45 bits per heavy atom. The normalized spacial score (nSPS) is 17.9. The molecule has 1 aromatic heterocycles. The lowest BCUT2D eigenvalue weighted by atomic mass is 9.95. The first-order valence-electron chi connectivity index (χ1n) is 14.5. The number of urea groups is 1. The van der Waals surface area contributed by atoms with E-state index in [9.17, 15) is 4.79 Å². The van der Waals surface area contributed by atoms with Crippen molar-refractivity contribution in [2.75, 3.05) is 63.8 Å². The van der Waals surface area contributed by atoms with Gasteiger partial charge in [-0.1, -0.05) is 27.7 Å². The van der Waals surface area contributed by atoms with Gasteiger partial charge in [-0.2, -0.15) is 0 Å². The second-order valence-corrected chi connectivity index (χ2v) is 13.1. The van der Waals surface area contributed by atoms with Gasteiger partial charge >= 0.3 is 6.03 Å². The number of carbonyl (C=O) groups excluding carboxylic acids is 1. The third-order valence-electron chi connectivity index (χ3n) is 7.57. The van der Waals surface area contributed by atoms with Crippen molar-refractivity contribution in [3.8, 4) is 0 Å². The van der Waals surface area contributed by atoms with Gasteiger partial charge in [0, 0.05) is 83.6 Å². The van der Waals surface area contributed by atoms with Crippen molar-refractivity contribution in [1.29, 1.82) is 0 Å². The minimum Gasteiger partial charge on any atom is -0.382 e. The molecule has 8 nitrogen and oxygen atoms in total. The van der Waals surface area contributed by atoms with Crippen molar-refractivity contribution in [2.45, 2.75) is 72.3 Å². The summed E-state index contributed by atoms with van der Waals surface area (Å²) in [7, 11) is 2.12. The molecule has 2 aliphatic rings. The van der Waals surface area contributed by atoms with E-state index in [1.807, 2.05) is 9.80 Å². The molecule has 2 saturated heterocycles. The van der Waals surface area contributed by atoms with E-state index in [1.165, 1.54) is 5.52 Å². The zero-order valence-corrected chi connectivity index (χ0v) is 25.2. The predicted octanol–water partition coefficient (Wildman–Crippen LogP) is 5.62. The van der Waals surface area contributed by atoms with Crippen LogP contribution in [-0.4, -0.2) is 89.2 Å². The van der Waals surface area contributed by atoms with Crippen molar-refractivity contribution in [2.24, 2.45) is 5.92 Å². The summed E-state index contributed by atoms with van der Waals surface area (Å²) in [6.45, 7) is 18.9. The van der Waals surface area contributed by atoms with Crippen LogP contribution in [0.15, 0.2) is 18.2 Å². The molecule has 2 aliphatic heterocycles. The average Bonchev–Trinajstić information content (AvgIpc) is 3.55. The third kappa shape index (κ3) is 7.16. The fraction of sp³-hybridized carbons (Fsp3) is 0.724. The number of nitrogens with zero attached hydrogens (tertiary/aromatic N) is 6. The van der Waals surface area contributed by atoms with Crippen molar-refractivity contribution < 1.29 is 9.53 Å². The molecule has 0 radical (unpaired) electrons. The zero-order valence-electron chi connectivity index (χ0n) is 24.4. The van der Waals surface area contributed by atoms with Crippen LogP contribution in [0, 0.1) is 5.92 Å². The third-order valence-corrected chi connectivity index (χ3v) is 8.63. The van der Waals surface area contributed by atoms with Crippen LogP contribution in [0.25, 0.3) is 11.0 Å². The second kappa shape index (κ2) is 12.9. The SMILES string of the molecule is CCOCCCC(C)Cn1c(C(C)(C)C)nc2cc(N(C)SN3CCN(C(=O)N4CCCC4)CC3)ccc21. The van der Waals surface area contributed by atoms with E-state index in [4.69, 9.17) is 9.72 Å². The molecule has 0 spiro atoms. The summed E-state index contributed by atoms with van der Waals surface area (Å²) in [6.07, 6.45) is 4.52. The highest BCUT2D eigenvalue weighted by Crippen LogP contribution is 2.32. The van der Waals surface area contributed by atoms with Crippen LogP contribution in [0.4, 0.5) is 10.5 Å². The zero-order chi connectivity index (χ0) is 27.3. The van der Waals surface area contributed by atoms with Gasteiger partial charge in [0.1, 0.15) is 5.82 Å². The van der Waals surface area contributed by atoms with E-state index in [2.05, 4.69) is 73.0 Å². The Balaban J connectivity index is 1.40. The van der Waals surface area contributed by atoms with Gasteiger partial charge in [0.25, 0.3) is 0 Å². The van der Waals surface area contributed by atoms with Crippen LogP contribution in [0.5, 0.6) is 0 Å². The van der Waals surface area contributed by atoms with Crippen LogP contribution in [0.1, 0.15) is 66.1 Å². The molecular formula is C29H48N6O2S. The summed E-state index contributed by atoms with van der Waals surface area (Å²) in [5, 5.41) is 0. The standard InChI is InChI=1S/C29H48N6O2S/c1-7-37-20-10-11-23(2)22-35-26-13-12-24(21-25(26)30-27(35)29(3,4)5)31(6)38-34-18-16-33(17-19-34)28(36)32-14-8-9-15-32/h12-13,21,23H,7-11,14-20,22H2,1-6H3. The predicted molar refractivity (Wildman–Crippen MR) is 159 cm³/mol. The molecular weight excluding hydrogens is 496 g/mol. The molecule has 2 amide bonds. The molecule has 0 N–H and O–H groups in total. The minimum atomic E-state index is -0.0307. The summed E-state index contributed by atoms with van der Waals surface area (Å²) in [4.78, 5) is 21.9. The fourth-order valence-electron chi connectivity index (χ4n) is 5.44. The van der Waals surface area contributed by atoms with Gasteiger partial charge in [-0.15, -0.1) is 0 Å². The molecule has 9 heteroatoms. The number of amides is 2. The number of hydrogen-bond donors (Lipinski definition) is 0. The molecule has 0 aliphatic carbocycles. The summed E-state index contributed by atoms with van der Waals surface area (Å²) in [5.41, 5.74) is 3.38. The van der Waals surface area contributed by atoms with Gasteiger partial charge in [-0.3, -0.25) is 0 Å². The highest BCUT2D eigenvalue weighted by Gasteiger charge is 2.28.